The topological polar surface area (TPSA) is 178 Å². The van der Waals surface area contributed by atoms with Gasteiger partial charge in [0.2, 0.25) is 5.96 Å². The number of hydrogen-bond donors (Lipinski definition) is 3. The van der Waals surface area contributed by atoms with Crippen molar-refractivity contribution in [2.75, 3.05) is 31.7 Å². The van der Waals surface area contributed by atoms with Crippen molar-refractivity contribution in [3.63, 3.8) is 0 Å². The number of aromatic nitrogens is 1. The van der Waals surface area contributed by atoms with Gasteiger partial charge in [-0.3, -0.25) is 19.4 Å². The molecule has 188 valence electrons. The third-order valence-electron chi connectivity index (χ3n) is 5.75. The van der Waals surface area contributed by atoms with Crippen LogP contribution in [-0.2, 0) is 19.2 Å². The van der Waals surface area contributed by atoms with Crippen molar-refractivity contribution in [2.24, 2.45) is 15.2 Å². The van der Waals surface area contributed by atoms with E-state index in [9.17, 15) is 19.5 Å². The minimum absolute atomic E-state index is 0.106. The van der Waals surface area contributed by atoms with Gasteiger partial charge in [0.05, 0.1) is 6.54 Å². The number of aliphatic carboxylic acids is 1. The summed E-state index contributed by atoms with van der Waals surface area (Å²) in [6, 6.07) is -0.938. The van der Waals surface area contributed by atoms with Gasteiger partial charge in [-0.05, 0) is 18.6 Å². The largest absolute Gasteiger partial charge is 0.477 e. The number of amidine groups is 1. The van der Waals surface area contributed by atoms with Crippen LogP contribution in [-0.4, -0.2) is 97.6 Å². The number of carbonyl (C=O) groups excluding carboxylic acids is 2. The summed E-state index contributed by atoms with van der Waals surface area (Å²) in [5.74, 6) is -0.765. The highest BCUT2D eigenvalue weighted by atomic mass is 32.2. The van der Waals surface area contributed by atoms with Gasteiger partial charge in [-0.2, -0.15) is 5.10 Å². The maximum atomic E-state index is 13.0. The SMILES string of the molecule is CO/N=C(\C(=O)N[C@@H]1C(=O)N2C(C(=O)O)=C(CN3N=C(C)N4CC=CN=C34)CS[C@@H]12)c1csc(N)n1. The Morgan fingerprint density at radius 3 is 2.92 bits per heavy atom. The first-order chi connectivity index (χ1) is 17.3. The molecule has 1 aromatic rings. The van der Waals surface area contributed by atoms with E-state index >= 15 is 0 Å². The molecule has 14 nitrogen and oxygen atoms in total. The Kier molecular flexibility index (Phi) is 6.13. The van der Waals surface area contributed by atoms with Gasteiger partial charge in [0.25, 0.3) is 11.8 Å². The molecule has 4 aliphatic rings. The fraction of sp³-hybridized carbons (Fsp3) is 0.350. The van der Waals surface area contributed by atoms with Crippen molar-refractivity contribution in [1.29, 1.82) is 0 Å². The summed E-state index contributed by atoms with van der Waals surface area (Å²) < 4.78 is 0. The van der Waals surface area contributed by atoms with E-state index in [0.29, 0.717) is 23.8 Å². The second-order valence-corrected chi connectivity index (χ2v) is 9.94. The summed E-state index contributed by atoms with van der Waals surface area (Å²) >= 11 is 2.48. The van der Waals surface area contributed by atoms with Crippen molar-refractivity contribution in [3.05, 3.63) is 34.6 Å². The van der Waals surface area contributed by atoms with Gasteiger partial charge < -0.3 is 21.0 Å². The second kappa shape index (κ2) is 9.27. The third-order valence-corrected chi connectivity index (χ3v) is 7.76. The molecule has 0 bridgehead atoms. The average Bonchev–Trinajstić information content (AvgIpc) is 3.43. The number of carboxylic acids is 1. The first-order valence-corrected chi connectivity index (χ1v) is 12.6. The molecule has 5 heterocycles. The number of thioether (sulfide) groups is 1. The zero-order valence-corrected chi connectivity index (χ0v) is 20.7. The average molecular weight is 532 g/mol. The number of thiazole rings is 1. The van der Waals surface area contributed by atoms with Gasteiger partial charge in [-0.1, -0.05) is 5.16 Å². The molecule has 1 fully saturated rings. The normalized spacial score (nSPS) is 23.1. The minimum Gasteiger partial charge on any atom is -0.477 e. The summed E-state index contributed by atoms with van der Waals surface area (Å²) in [5, 5.41) is 23.7. The number of rotatable bonds is 7. The highest BCUT2D eigenvalue weighted by Crippen LogP contribution is 2.41. The maximum absolute atomic E-state index is 13.0. The van der Waals surface area contributed by atoms with E-state index in [4.69, 9.17) is 10.6 Å². The lowest BCUT2D eigenvalue weighted by atomic mass is 10.0. The van der Waals surface area contributed by atoms with Crippen LogP contribution in [0, 0.1) is 0 Å². The molecule has 0 aromatic carbocycles. The first-order valence-electron chi connectivity index (χ1n) is 10.7. The smallest absolute Gasteiger partial charge is 0.352 e. The molecule has 5 rings (SSSR count). The van der Waals surface area contributed by atoms with Crippen molar-refractivity contribution in [3.8, 4) is 0 Å². The molecule has 4 aliphatic heterocycles. The number of fused-ring (bicyclic) bond motifs is 2. The van der Waals surface area contributed by atoms with Gasteiger partial charge in [0, 0.05) is 23.9 Å². The zero-order valence-electron chi connectivity index (χ0n) is 19.1. The van der Waals surface area contributed by atoms with Crippen molar-refractivity contribution in [2.45, 2.75) is 18.3 Å². The Labute approximate surface area is 212 Å². The molecule has 2 amide bonds. The number of nitrogens with one attached hydrogen (secondary N) is 1. The molecular weight excluding hydrogens is 510 g/mol. The lowest BCUT2D eigenvalue weighted by Gasteiger charge is -2.49. The molecule has 1 aromatic heterocycles. The summed E-state index contributed by atoms with van der Waals surface area (Å²) in [7, 11) is 1.28. The van der Waals surface area contributed by atoms with Gasteiger partial charge in [-0.15, -0.1) is 23.1 Å². The Morgan fingerprint density at radius 1 is 1.42 bits per heavy atom. The molecule has 0 radical (unpaired) electrons. The van der Waals surface area contributed by atoms with Crippen LogP contribution >= 0.6 is 23.1 Å². The second-order valence-electron chi connectivity index (χ2n) is 7.94. The molecule has 16 heteroatoms. The number of nitrogens with two attached hydrogens (primary N) is 1. The number of hydrazone groups is 1. The number of amides is 2. The number of carbonyl (C=O) groups is 3. The Bertz CT molecular complexity index is 1300. The lowest BCUT2D eigenvalue weighted by molar-refractivity contribution is -0.150. The molecule has 2 atom stereocenters. The van der Waals surface area contributed by atoms with E-state index in [-0.39, 0.29) is 28.8 Å². The molecule has 1 saturated heterocycles. The first kappa shape index (κ1) is 23.8. The minimum atomic E-state index is -1.23. The van der Waals surface area contributed by atoms with Crippen LogP contribution in [0.2, 0.25) is 0 Å². The molecule has 0 saturated carbocycles. The molecule has 0 unspecified atom stereocenters. The number of β-lactam (4-membered cyclic amide) rings is 1. The van der Waals surface area contributed by atoms with Gasteiger partial charge in [0.1, 0.15) is 35.8 Å². The molecule has 0 spiro atoms. The highest BCUT2D eigenvalue weighted by Gasteiger charge is 2.54. The monoisotopic (exact) mass is 531 g/mol. The van der Waals surface area contributed by atoms with Crippen molar-refractivity contribution >= 4 is 63.5 Å². The van der Waals surface area contributed by atoms with E-state index in [0.717, 1.165) is 17.2 Å². The summed E-state index contributed by atoms with van der Waals surface area (Å²) in [6.07, 6.45) is 3.58. The van der Waals surface area contributed by atoms with Gasteiger partial charge in [-0.25, -0.2) is 19.8 Å². The van der Waals surface area contributed by atoms with E-state index < -0.39 is 29.2 Å². The zero-order chi connectivity index (χ0) is 25.6. The fourth-order valence-corrected chi connectivity index (χ4v) is 6.06. The van der Waals surface area contributed by atoms with E-state index in [1.165, 1.54) is 23.8 Å². The maximum Gasteiger partial charge on any atom is 0.352 e. The summed E-state index contributed by atoms with van der Waals surface area (Å²) in [4.78, 5) is 54.4. The molecule has 36 heavy (non-hydrogen) atoms. The van der Waals surface area contributed by atoms with Crippen LogP contribution in [0.5, 0.6) is 0 Å². The number of nitrogen functional groups attached to an aromatic ring is 1. The predicted octanol–water partition coefficient (Wildman–Crippen LogP) is -0.351. The number of hydrogen-bond acceptors (Lipinski definition) is 13. The van der Waals surface area contributed by atoms with Crippen LogP contribution in [0.1, 0.15) is 12.6 Å². The number of nitrogens with zero attached hydrogens (tertiary/aromatic N) is 7. The Balaban J connectivity index is 1.34. The van der Waals surface area contributed by atoms with E-state index in [1.54, 1.807) is 16.6 Å². The van der Waals surface area contributed by atoms with Crippen molar-refractivity contribution < 1.29 is 24.3 Å². The molecular formula is C20H21N9O5S2. The quantitative estimate of drug-likeness (QED) is 0.239. The van der Waals surface area contributed by atoms with Gasteiger partial charge >= 0.3 is 5.97 Å². The van der Waals surface area contributed by atoms with Crippen LogP contribution in [0.3, 0.4) is 0 Å². The third kappa shape index (κ3) is 3.97. The van der Waals surface area contributed by atoms with Crippen LogP contribution in [0.15, 0.2) is 44.2 Å². The fourth-order valence-electron chi connectivity index (χ4n) is 4.17. The Hall–Kier alpha value is -3.92. The van der Waals surface area contributed by atoms with Crippen LogP contribution in [0.4, 0.5) is 5.13 Å². The lowest BCUT2D eigenvalue weighted by Crippen LogP contribution is -2.71. The standard InChI is InChI=1S/C20H21N9O5S2/c1-9-25-28(20-22-4-3-5-27(9)20)6-10-7-35-17-13(16(31)29(17)14(10)18(32)33)24-15(30)12(26-34-2)11-8-36-19(21)23-11/h3-4,8,13,17H,5-7H2,1-2H3,(H2,21,23)(H,24,30)(H,32,33)/b26-12-/t13-,17+/m1/s1. The number of anilines is 1. The number of guanidine groups is 1. The Morgan fingerprint density at radius 2 is 2.22 bits per heavy atom. The van der Waals surface area contributed by atoms with E-state index in [1.807, 2.05) is 17.9 Å². The predicted molar refractivity (Wildman–Crippen MR) is 133 cm³/mol. The van der Waals surface area contributed by atoms with Crippen LogP contribution in [0.25, 0.3) is 0 Å². The molecule has 0 aliphatic carbocycles. The number of oxime groups is 1. The van der Waals surface area contributed by atoms with Crippen molar-refractivity contribution in [1.82, 2.24) is 25.1 Å². The highest BCUT2D eigenvalue weighted by molar-refractivity contribution is 8.00. The molecule has 4 N–H and O–H groups in total. The number of carboxylic acid groups (broad SMARTS) is 1. The van der Waals surface area contributed by atoms with Gasteiger partial charge in [0.15, 0.2) is 10.8 Å². The van der Waals surface area contributed by atoms with Crippen LogP contribution < -0.4 is 11.1 Å². The summed E-state index contributed by atoms with van der Waals surface area (Å²) in [5.41, 5.74) is 6.14. The van der Waals surface area contributed by atoms with E-state index in [2.05, 4.69) is 25.6 Å². The summed E-state index contributed by atoms with van der Waals surface area (Å²) in [6.45, 7) is 2.64. The number of aliphatic imine (C=N–C) groups is 1.